The van der Waals surface area contributed by atoms with Gasteiger partial charge in [-0.25, -0.2) is 0 Å². The highest BCUT2D eigenvalue weighted by molar-refractivity contribution is 5.50. The predicted octanol–water partition coefficient (Wildman–Crippen LogP) is 3.73. The predicted molar refractivity (Wildman–Crippen MR) is 82.7 cm³/mol. The molecule has 0 amide bonds. The Bertz CT molecular complexity index is 537. The Hall–Kier alpha value is -2.16. The molecule has 106 valence electrons. The molecule has 0 aliphatic heterocycles. The van der Waals surface area contributed by atoms with Crippen molar-refractivity contribution in [1.29, 1.82) is 0 Å². The lowest BCUT2D eigenvalue weighted by Crippen LogP contribution is -2.22. The number of para-hydroxylation sites is 1. The van der Waals surface area contributed by atoms with E-state index in [1.165, 1.54) is 11.3 Å². The van der Waals surface area contributed by atoms with E-state index in [1.807, 2.05) is 30.3 Å². The van der Waals surface area contributed by atoms with Crippen LogP contribution in [0.5, 0.6) is 11.5 Å². The van der Waals surface area contributed by atoms with Crippen molar-refractivity contribution in [3.05, 3.63) is 54.1 Å². The lowest BCUT2D eigenvalue weighted by atomic mass is 10.1. The fourth-order valence-electron chi connectivity index (χ4n) is 2.22. The summed E-state index contributed by atoms with van der Waals surface area (Å²) >= 11 is 0. The van der Waals surface area contributed by atoms with Gasteiger partial charge < -0.3 is 14.4 Å². The number of methoxy groups -OCH3 is 2. The summed E-state index contributed by atoms with van der Waals surface area (Å²) in [5.74, 6) is 1.81. The van der Waals surface area contributed by atoms with Crippen LogP contribution < -0.4 is 14.4 Å². The van der Waals surface area contributed by atoms with Crippen LogP contribution in [0.2, 0.25) is 0 Å². The largest absolute Gasteiger partial charge is 0.497 e. The molecule has 0 aliphatic rings. The maximum atomic E-state index is 5.42. The Morgan fingerprint density at radius 1 is 0.900 bits per heavy atom. The van der Waals surface area contributed by atoms with Crippen LogP contribution in [-0.4, -0.2) is 20.8 Å². The Morgan fingerprint density at radius 3 is 2.20 bits per heavy atom. The zero-order valence-corrected chi connectivity index (χ0v) is 12.3. The zero-order valence-electron chi connectivity index (χ0n) is 12.3. The average Bonchev–Trinajstić information content (AvgIpc) is 2.53. The van der Waals surface area contributed by atoms with E-state index in [4.69, 9.17) is 9.47 Å². The molecule has 3 nitrogen and oxygen atoms in total. The lowest BCUT2D eigenvalue weighted by Gasteiger charge is -2.24. The SMILES string of the molecule is CCN(Cc1ccccc1OC)c1ccc(OC)cc1. The van der Waals surface area contributed by atoms with E-state index in [1.54, 1.807) is 14.2 Å². The number of benzene rings is 2. The molecule has 0 saturated carbocycles. The average molecular weight is 271 g/mol. The van der Waals surface area contributed by atoms with Crippen LogP contribution in [0, 0.1) is 0 Å². The molecule has 3 heteroatoms. The molecule has 2 aromatic carbocycles. The number of hydrogen-bond donors (Lipinski definition) is 0. The minimum atomic E-state index is 0.826. The summed E-state index contributed by atoms with van der Waals surface area (Å²) in [6, 6.07) is 16.3. The van der Waals surface area contributed by atoms with Crippen LogP contribution in [0.25, 0.3) is 0 Å². The normalized spacial score (nSPS) is 10.2. The summed E-state index contributed by atoms with van der Waals surface area (Å²) in [6.07, 6.45) is 0. The van der Waals surface area contributed by atoms with E-state index in [9.17, 15) is 0 Å². The van der Waals surface area contributed by atoms with Crippen molar-refractivity contribution < 1.29 is 9.47 Å². The summed E-state index contributed by atoms with van der Waals surface area (Å²) in [5.41, 5.74) is 2.37. The number of ether oxygens (including phenoxy) is 2. The van der Waals surface area contributed by atoms with Gasteiger partial charge >= 0.3 is 0 Å². The van der Waals surface area contributed by atoms with Crippen LogP contribution in [-0.2, 0) is 6.54 Å². The first-order valence-corrected chi connectivity index (χ1v) is 6.79. The number of nitrogens with zero attached hydrogens (tertiary/aromatic N) is 1. The van der Waals surface area contributed by atoms with Crippen LogP contribution in [0.1, 0.15) is 12.5 Å². The fraction of sp³-hybridized carbons (Fsp3) is 0.294. The Labute approximate surface area is 120 Å². The van der Waals surface area contributed by atoms with Crippen LogP contribution >= 0.6 is 0 Å². The maximum Gasteiger partial charge on any atom is 0.123 e. The lowest BCUT2D eigenvalue weighted by molar-refractivity contribution is 0.409. The molecule has 0 heterocycles. The molecule has 0 atom stereocenters. The summed E-state index contributed by atoms with van der Waals surface area (Å²) in [6.45, 7) is 3.91. The number of hydrogen-bond acceptors (Lipinski definition) is 3. The first-order chi connectivity index (χ1) is 9.78. The molecule has 2 aromatic rings. The molecular formula is C17H21NO2. The van der Waals surface area contributed by atoms with Gasteiger partial charge in [0.15, 0.2) is 0 Å². The van der Waals surface area contributed by atoms with Crippen molar-refractivity contribution in [3.8, 4) is 11.5 Å². The molecule has 0 bridgehead atoms. The Morgan fingerprint density at radius 2 is 1.60 bits per heavy atom. The summed E-state index contributed by atoms with van der Waals surface area (Å²) in [4.78, 5) is 2.30. The van der Waals surface area contributed by atoms with Gasteiger partial charge in [0.1, 0.15) is 11.5 Å². The van der Waals surface area contributed by atoms with E-state index in [2.05, 4.69) is 30.0 Å². The third-order valence-electron chi connectivity index (χ3n) is 3.37. The quantitative estimate of drug-likeness (QED) is 0.799. The molecule has 2 rings (SSSR count). The van der Waals surface area contributed by atoms with Gasteiger partial charge in [0, 0.05) is 24.3 Å². The molecule has 0 aromatic heterocycles. The summed E-state index contributed by atoms with van der Waals surface area (Å²) in [7, 11) is 3.39. The van der Waals surface area contributed by atoms with Gasteiger partial charge in [-0.3, -0.25) is 0 Å². The number of rotatable bonds is 6. The van der Waals surface area contributed by atoms with Crippen molar-refractivity contribution in [2.75, 3.05) is 25.7 Å². The number of anilines is 1. The standard InChI is InChI=1S/C17H21NO2/c1-4-18(15-9-11-16(19-2)12-10-15)13-14-7-5-6-8-17(14)20-3/h5-12H,4,13H2,1-3H3. The van der Waals surface area contributed by atoms with E-state index in [-0.39, 0.29) is 0 Å². The van der Waals surface area contributed by atoms with Crippen molar-refractivity contribution in [3.63, 3.8) is 0 Å². The molecule has 0 aliphatic carbocycles. The Balaban J connectivity index is 2.19. The minimum Gasteiger partial charge on any atom is -0.497 e. The van der Waals surface area contributed by atoms with E-state index < -0.39 is 0 Å². The maximum absolute atomic E-state index is 5.42. The zero-order chi connectivity index (χ0) is 14.4. The summed E-state index contributed by atoms with van der Waals surface area (Å²) in [5, 5.41) is 0. The topological polar surface area (TPSA) is 21.7 Å². The van der Waals surface area contributed by atoms with Crippen LogP contribution in [0.3, 0.4) is 0 Å². The molecule has 0 unspecified atom stereocenters. The first-order valence-electron chi connectivity index (χ1n) is 6.79. The molecule has 20 heavy (non-hydrogen) atoms. The van der Waals surface area contributed by atoms with Crippen molar-refractivity contribution in [2.45, 2.75) is 13.5 Å². The fourth-order valence-corrected chi connectivity index (χ4v) is 2.22. The van der Waals surface area contributed by atoms with Gasteiger partial charge in [-0.2, -0.15) is 0 Å². The van der Waals surface area contributed by atoms with Gasteiger partial charge in [-0.05, 0) is 37.3 Å². The molecular weight excluding hydrogens is 250 g/mol. The first kappa shape index (κ1) is 14.3. The Kier molecular flexibility index (Phi) is 4.88. The molecule has 0 fully saturated rings. The van der Waals surface area contributed by atoms with Gasteiger partial charge in [0.05, 0.1) is 14.2 Å². The van der Waals surface area contributed by atoms with Crippen LogP contribution in [0.4, 0.5) is 5.69 Å². The van der Waals surface area contributed by atoms with Gasteiger partial charge in [-0.15, -0.1) is 0 Å². The third kappa shape index (κ3) is 3.23. The minimum absolute atomic E-state index is 0.826. The second-order valence-corrected chi connectivity index (χ2v) is 4.52. The summed E-state index contributed by atoms with van der Waals surface area (Å²) < 4.78 is 10.6. The highest BCUT2D eigenvalue weighted by Gasteiger charge is 2.09. The van der Waals surface area contributed by atoms with E-state index in [0.717, 1.165) is 24.6 Å². The van der Waals surface area contributed by atoms with Gasteiger partial charge in [0.2, 0.25) is 0 Å². The van der Waals surface area contributed by atoms with Crippen molar-refractivity contribution in [2.24, 2.45) is 0 Å². The van der Waals surface area contributed by atoms with E-state index >= 15 is 0 Å². The molecule has 0 radical (unpaired) electrons. The molecule has 0 saturated heterocycles. The van der Waals surface area contributed by atoms with E-state index in [0.29, 0.717) is 0 Å². The van der Waals surface area contributed by atoms with Gasteiger partial charge in [-0.1, -0.05) is 18.2 Å². The monoisotopic (exact) mass is 271 g/mol. The van der Waals surface area contributed by atoms with Crippen LogP contribution in [0.15, 0.2) is 48.5 Å². The second kappa shape index (κ2) is 6.85. The second-order valence-electron chi connectivity index (χ2n) is 4.52. The smallest absolute Gasteiger partial charge is 0.123 e. The van der Waals surface area contributed by atoms with Crippen molar-refractivity contribution >= 4 is 5.69 Å². The van der Waals surface area contributed by atoms with Crippen molar-refractivity contribution in [1.82, 2.24) is 0 Å². The molecule has 0 spiro atoms. The third-order valence-corrected chi connectivity index (χ3v) is 3.37. The van der Waals surface area contributed by atoms with Gasteiger partial charge in [0.25, 0.3) is 0 Å². The molecule has 0 N–H and O–H groups in total. The highest BCUT2D eigenvalue weighted by atomic mass is 16.5. The highest BCUT2D eigenvalue weighted by Crippen LogP contribution is 2.24.